The SMILES string of the molecule is O=C(NCCN1CCN(c2nc(Cc3ccc(F)cc3)ns2)CC1)NCc1ccccc1. The van der Waals surface area contributed by atoms with Gasteiger partial charge in [0.1, 0.15) is 11.6 Å². The van der Waals surface area contributed by atoms with Gasteiger partial charge in [0.05, 0.1) is 0 Å². The van der Waals surface area contributed by atoms with Gasteiger partial charge in [-0.15, -0.1) is 0 Å². The lowest BCUT2D eigenvalue weighted by molar-refractivity contribution is 0.231. The summed E-state index contributed by atoms with van der Waals surface area (Å²) in [5.74, 6) is 0.534. The summed E-state index contributed by atoms with van der Waals surface area (Å²) in [5.41, 5.74) is 2.08. The van der Waals surface area contributed by atoms with Crippen molar-refractivity contribution in [3.8, 4) is 0 Å². The topological polar surface area (TPSA) is 73.4 Å². The van der Waals surface area contributed by atoms with Gasteiger partial charge in [0.15, 0.2) is 0 Å². The van der Waals surface area contributed by atoms with E-state index >= 15 is 0 Å². The van der Waals surface area contributed by atoms with Gasteiger partial charge in [-0.2, -0.15) is 4.37 Å². The van der Waals surface area contributed by atoms with Crippen molar-refractivity contribution in [2.75, 3.05) is 44.2 Å². The lowest BCUT2D eigenvalue weighted by Gasteiger charge is -2.34. The second-order valence-electron chi connectivity index (χ2n) is 7.72. The summed E-state index contributed by atoms with van der Waals surface area (Å²) in [6, 6.07) is 16.2. The van der Waals surface area contributed by atoms with Crippen molar-refractivity contribution in [3.63, 3.8) is 0 Å². The standard InChI is InChI=1S/C23H27FN6OS/c24-20-8-6-18(7-9-20)16-21-27-23(32-28-21)30-14-12-29(13-15-30)11-10-25-22(31)26-17-19-4-2-1-3-5-19/h1-9H,10-17H2,(H2,25,26,31). The predicted molar refractivity (Wildman–Crippen MR) is 124 cm³/mol. The molecule has 3 aromatic rings. The molecule has 2 aromatic carbocycles. The maximum absolute atomic E-state index is 13.1. The third kappa shape index (κ3) is 6.48. The predicted octanol–water partition coefficient (Wildman–Crippen LogP) is 2.89. The molecule has 32 heavy (non-hydrogen) atoms. The van der Waals surface area contributed by atoms with E-state index in [-0.39, 0.29) is 11.8 Å². The van der Waals surface area contributed by atoms with Gasteiger partial charge in [-0.05, 0) is 23.3 Å². The van der Waals surface area contributed by atoms with E-state index in [9.17, 15) is 9.18 Å². The van der Waals surface area contributed by atoms with Crippen molar-refractivity contribution < 1.29 is 9.18 Å². The van der Waals surface area contributed by atoms with Gasteiger partial charge in [-0.25, -0.2) is 14.2 Å². The number of halogens is 1. The summed E-state index contributed by atoms with van der Waals surface area (Å²) in [7, 11) is 0. The number of piperazine rings is 1. The van der Waals surface area contributed by atoms with Crippen molar-refractivity contribution in [2.45, 2.75) is 13.0 Å². The molecule has 168 valence electrons. The Hall–Kier alpha value is -3.04. The van der Waals surface area contributed by atoms with E-state index in [1.807, 2.05) is 30.3 Å². The van der Waals surface area contributed by atoms with Crippen molar-refractivity contribution in [1.29, 1.82) is 0 Å². The zero-order valence-electron chi connectivity index (χ0n) is 17.8. The first-order valence-electron chi connectivity index (χ1n) is 10.8. The summed E-state index contributed by atoms with van der Waals surface area (Å²) >= 11 is 1.41. The zero-order chi connectivity index (χ0) is 22.2. The fourth-order valence-electron chi connectivity index (χ4n) is 3.56. The van der Waals surface area contributed by atoms with Crippen molar-refractivity contribution in [3.05, 3.63) is 77.4 Å². The fourth-order valence-corrected chi connectivity index (χ4v) is 4.30. The van der Waals surface area contributed by atoms with E-state index < -0.39 is 0 Å². The Balaban J connectivity index is 1.14. The number of hydrogen-bond acceptors (Lipinski definition) is 6. The number of nitrogens with one attached hydrogen (secondary N) is 2. The molecule has 0 unspecified atom stereocenters. The van der Waals surface area contributed by atoms with Crippen molar-refractivity contribution in [1.82, 2.24) is 24.9 Å². The third-order valence-electron chi connectivity index (χ3n) is 5.39. The van der Waals surface area contributed by atoms with Crippen LogP contribution in [0, 0.1) is 5.82 Å². The molecule has 1 aliphatic rings. The van der Waals surface area contributed by atoms with E-state index in [2.05, 4.69) is 29.8 Å². The number of amides is 2. The van der Waals surface area contributed by atoms with E-state index in [4.69, 9.17) is 0 Å². The first kappa shape index (κ1) is 22.2. The molecule has 0 spiro atoms. The smallest absolute Gasteiger partial charge is 0.315 e. The number of benzene rings is 2. The molecule has 1 aromatic heterocycles. The highest BCUT2D eigenvalue weighted by atomic mass is 32.1. The molecule has 2 N–H and O–H groups in total. The Kier molecular flexibility index (Phi) is 7.63. The number of nitrogens with zero attached hydrogens (tertiary/aromatic N) is 4. The minimum atomic E-state index is -0.235. The van der Waals surface area contributed by atoms with Gasteiger partial charge < -0.3 is 15.5 Å². The second kappa shape index (κ2) is 11.0. The van der Waals surface area contributed by atoms with Crippen LogP contribution in [0.25, 0.3) is 0 Å². The summed E-state index contributed by atoms with van der Waals surface area (Å²) < 4.78 is 17.5. The fraction of sp³-hybridized carbons (Fsp3) is 0.348. The molecule has 4 rings (SSSR count). The molecule has 1 saturated heterocycles. The largest absolute Gasteiger partial charge is 0.344 e. The Bertz CT molecular complexity index is 989. The third-order valence-corrected chi connectivity index (χ3v) is 6.20. The average molecular weight is 455 g/mol. The molecule has 7 nitrogen and oxygen atoms in total. The van der Waals surface area contributed by atoms with E-state index in [1.165, 1.54) is 23.7 Å². The maximum Gasteiger partial charge on any atom is 0.315 e. The Morgan fingerprint density at radius 3 is 2.47 bits per heavy atom. The van der Waals surface area contributed by atoms with Crippen LogP contribution < -0.4 is 15.5 Å². The lowest BCUT2D eigenvalue weighted by atomic mass is 10.1. The van der Waals surface area contributed by atoms with Crippen LogP contribution in [0.3, 0.4) is 0 Å². The van der Waals surface area contributed by atoms with Gasteiger partial charge in [-0.1, -0.05) is 42.5 Å². The van der Waals surface area contributed by atoms with E-state index in [1.54, 1.807) is 12.1 Å². The number of anilines is 1. The normalized spacial score (nSPS) is 14.3. The van der Waals surface area contributed by atoms with Crippen LogP contribution in [0.15, 0.2) is 54.6 Å². The molecule has 0 bridgehead atoms. The van der Waals surface area contributed by atoms with Crippen LogP contribution in [0.4, 0.5) is 14.3 Å². The van der Waals surface area contributed by atoms with Crippen LogP contribution in [-0.2, 0) is 13.0 Å². The summed E-state index contributed by atoms with van der Waals surface area (Å²) in [4.78, 5) is 21.2. The molecule has 9 heteroatoms. The molecule has 2 heterocycles. The number of carbonyl (C=O) groups excluding carboxylic acids is 1. The lowest BCUT2D eigenvalue weighted by Crippen LogP contribution is -2.49. The average Bonchev–Trinajstić information content (AvgIpc) is 3.29. The summed E-state index contributed by atoms with van der Waals surface area (Å²) in [5, 5.41) is 6.73. The Labute approximate surface area is 191 Å². The summed E-state index contributed by atoms with van der Waals surface area (Å²) in [6.07, 6.45) is 0.606. The number of carbonyl (C=O) groups is 1. The van der Waals surface area contributed by atoms with E-state index in [0.29, 0.717) is 19.5 Å². The molecule has 0 radical (unpaired) electrons. The Morgan fingerprint density at radius 1 is 0.969 bits per heavy atom. The Morgan fingerprint density at radius 2 is 1.72 bits per heavy atom. The number of rotatable bonds is 8. The minimum absolute atomic E-state index is 0.143. The first-order chi connectivity index (χ1) is 15.7. The van der Waals surface area contributed by atoms with Crippen molar-refractivity contribution >= 4 is 22.7 Å². The monoisotopic (exact) mass is 454 g/mol. The highest BCUT2D eigenvalue weighted by Gasteiger charge is 2.20. The van der Waals surface area contributed by atoms with Crippen LogP contribution in [0.5, 0.6) is 0 Å². The van der Waals surface area contributed by atoms with Crippen molar-refractivity contribution in [2.24, 2.45) is 0 Å². The quantitative estimate of drug-likeness (QED) is 0.548. The maximum atomic E-state index is 13.1. The molecule has 0 saturated carbocycles. The summed E-state index contributed by atoms with van der Waals surface area (Å²) in [6.45, 7) is 5.55. The van der Waals surface area contributed by atoms with Gasteiger partial charge >= 0.3 is 6.03 Å². The second-order valence-corrected chi connectivity index (χ2v) is 8.45. The van der Waals surface area contributed by atoms with Crippen LogP contribution >= 0.6 is 11.5 Å². The molecule has 1 aliphatic heterocycles. The number of aromatic nitrogens is 2. The molecule has 0 aliphatic carbocycles. The van der Waals surface area contributed by atoms with Crippen LogP contribution in [0.1, 0.15) is 17.0 Å². The van der Waals surface area contributed by atoms with Crippen LogP contribution in [0.2, 0.25) is 0 Å². The van der Waals surface area contributed by atoms with Gasteiger partial charge in [0.25, 0.3) is 0 Å². The molecule has 0 atom stereocenters. The van der Waals surface area contributed by atoms with Crippen LogP contribution in [-0.4, -0.2) is 59.6 Å². The molecule has 1 fully saturated rings. The first-order valence-corrected chi connectivity index (χ1v) is 11.5. The molecular formula is C23H27FN6OS. The van der Waals surface area contributed by atoms with E-state index in [0.717, 1.165) is 54.8 Å². The highest BCUT2D eigenvalue weighted by molar-refractivity contribution is 7.09. The number of urea groups is 1. The van der Waals surface area contributed by atoms with Gasteiger partial charge in [0.2, 0.25) is 5.13 Å². The zero-order valence-corrected chi connectivity index (χ0v) is 18.7. The number of hydrogen-bond donors (Lipinski definition) is 2. The molecular weight excluding hydrogens is 427 g/mol. The van der Waals surface area contributed by atoms with Gasteiger partial charge in [0, 0.05) is 63.8 Å². The molecule has 2 amide bonds. The minimum Gasteiger partial charge on any atom is -0.344 e. The highest BCUT2D eigenvalue weighted by Crippen LogP contribution is 2.20. The van der Waals surface area contributed by atoms with Gasteiger partial charge in [-0.3, -0.25) is 4.90 Å².